The van der Waals surface area contributed by atoms with Crippen molar-refractivity contribution >= 4 is 29.9 Å². The van der Waals surface area contributed by atoms with Crippen LogP contribution < -0.4 is 20.1 Å². The number of hydrogen-bond acceptors (Lipinski definition) is 4. The van der Waals surface area contributed by atoms with Crippen LogP contribution in [0.15, 0.2) is 53.5 Å². The Hall–Kier alpha value is -2.00. The minimum atomic E-state index is -0.244. The minimum absolute atomic E-state index is 0. The lowest BCUT2D eigenvalue weighted by Gasteiger charge is -2.23. The van der Waals surface area contributed by atoms with Gasteiger partial charge in [0.15, 0.2) is 5.96 Å². The van der Waals surface area contributed by atoms with E-state index in [0.717, 1.165) is 35.1 Å². The Morgan fingerprint density at radius 1 is 0.903 bits per heavy atom. The van der Waals surface area contributed by atoms with E-state index < -0.39 is 0 Å². The van der Waals surface area contributed by atoms with Gasteiger partial charge in [0.1, 0.15) is 23.7 Å². The zero-order chi connectivity index (χ0) is 22.0. The molecule has 0 aliphatic heterocycles. The third-order valence-corrected chi connectivity index (χ3v) is 4.27. The number of rotatable bonds is 9. The predicted octanol–water partition coefficient (Wildman–Crippen LogP) is 4.29. The van der Waals surface area contributed by atoms with Gasteiger partial charge in [0.05, 0.1) is 0 Å². The van der Waals surface area contributed by atoms with E-state index in [0.29, 0.717) is 19.7 Å². The zero-order valence-electron chi connectivity index (χ0n) is 19.6. The summed E-state index contributed by atoms with van der Waals surface area (Å²) in [6.45, 7) is 8.93. The number of nitrogens with one attached hydrogen (secondary N) is 2. The van der Waals surface area contributed by atoms with Crippen LogP contribution in [0.3, 0.4) is 0 Å². The van der Waals surface area contributed by atoms with Crippen molar-refractivity contribution in [3.8, 4) is 11.5 Å². The highest BCUT2D eigenvalue weighted by Crippen LogP contribution is 2.23. The average Bonchev–Trinajstić information content (AvgIpc) is 2.68. The van der Waals surface area contributed by atoms with Gasteiger partial charge in [0, 0.05) is 37.8 Å². The zero-order valence-corrected chi connectivity index (χ0v) is 21.9. The first-order valence-corrected chi connectivity index (χ1v) is 10.4. The van der Waals surface area contributed by atoms with E-state index >= 15 is 0 Å². The summed E-state index contributed by atoms with van der Waals surface area (Å²) in [4.78, 5) is 6.45. The molecular weight excluding hydrogens is 503 g/mol. The van der Waals surface area contributed by atoms with Gasteiger partial charge < -0.3 is 25.0 Å². The van der Waals surface area contributed by atoms with Gasteiger partial charge in [-0.3, -0.25) is 4.99 Å². The first-order valence-electron chi connectivity index (χ1n) is 10.4. The second-order valence-electron chi connectivity index (χ2n) is 8.36. The highest BCUT2D eigenvalue weighted by Gasteiger charge is 2.14. The van der Waals surface area contributed by atoms with Gasteiger partial charge in [0.2, 0.25) is 0 Å². The minimum Gasteiger partial charge on any atom is -0.492 e. The van der Waals surface area contributed by atoms with E-state index in [9.17, 15) is 0 Å². The number of nitrogens with zero attached hydrogens (tertiary/aromatic N) is 2. The molecule has 31 heavy (non-hydrogen) atoms. The second kappa shape index (κ2) is 13.4. The largest absolute Gasteiger partial charge is 0.492 e. The van der Waals surface area contributed by atoms with Crippen molar-refractivity contribution in [2.24, 2.45) is 4.99 Å². The number of ether oxygens (including phenoxy) is 2. The van der Waals surface area contributed by atoms with Crippen LogP contribution in [0, 0.1) is 0 Å². The fourth-order valence-electron chi connectivity index (χ4n) is 2.79. The molecule has 0 saturated carbocycles. The quantitative estimate of drug-likeness (QED) is 0.283. The van der Waals surface area contributed by atoms with Crippen LogP contribution in [0.2, 0.25) is 0 Å². The number of benzene rings is 2. The van der Waals surface area contributed by atoms with E-state index in [4.69, 9.17) is 9.47 Å². The molecule has 0 bridgehead atoms. The molecular formula is C24H37IN4O2. The number of halogens is 1. The normalized spacial score (nSPS) is 11.6. The third-order valence-electron chi connectivity index (χ3n) is 4.27. The van der Waals surface area contributed by atoms with E-state index in [-0.39, 0.29) is 29.6 Å². The Morgan fingerprint density at radius 3 is 1.94 bits per heavy atom. The maximum Gasteiger partial charge on any atom is 0.191 e. The number of para-hydroxylation sites is 2. The molecule has 0 radical (unpaired) electrons. The molecule has 0 unspecified atom stereocenters. The van der Waals surface area contributed by atoms with Crippen LogP contribution in [-0.4, -0.2) is 50.8 Å². The van der Waals surface area contributed by atoms with E-state index in [2.05, 4.69) is 53.4 Å². The maximum absolute atomic E-state index is 6.08. The van der Waals surface area contributed by atoms with E-state index in [1.54, 1.807) is 7.05 Å². The monoisotopic (exact) mass is 540 g/mol. The average molecular weight is 540 g/mol. The summed E-state index contributed by atoms with van der Waals surface area (Å²) in [5.41, 5.74) is 1.94. The molecule has 0 aliphatic carbocycles. The van der Waals surface area contributed by atoms with Crippen molar-refractivity contribution in [1.82, 2.24) is 15.5 Å². The second-order valence-corrected chi connectivity index (χ2v) is 8.36. The van der Waals surface area contributed by atoms with Crippen molar-refractivity contribution in [2.45, 2.75) is 39.5 Å². The summed E-state index contributed by atoms with van der Waals surface area (Å²) in [6, 6.07) is 16.2. The number of hydrogen-bond donors (Lipinski definition) is 2. The van der Waals surface area contributed by atoms with Crippen molar-refractivity contribution in [3.05, 3.63) is 59.7 Å². The van der Waals surface area contributed by atoms with Gasteiger partial charge in [-0.25, -0.2) is 0 Å². The molecule has 2 aromatic rings. The molecule has 0 atom stereocenters. The summed E-state index contributed by atoms with van der Waals surface area (Å²) >= 11 is 0. The molecule has 172 valence electrons. The van der Waals surface area contributed by atoms with Gasteiger partial charge in [-0.05, 0) is 47.0 Å². The topological polar surface area (TPSA) is 58.1 Å². The van der Waals surface area contributed by atoms with Gasteiger partial charge in [-0.1, -0.05) is 36.4 Å². The van der Waals surface area contributed by atoms with Crippen molar-refractivity contribution in [1.29, 1.82) is 0 Å². The molecule has 2 aromatic carbocycles. The molecule has 0 spiro atoms. The summed E-state index contributed by atoms with van der Waals surface area (Å²) in [7, 11) is 5.85. The van der Waals surface area contributed by atoms with Crippen molar-refractivity contribution in [2.75, 3.05) is 34.3 Å². The molecule has 7 heteroatoms. The fourth-order valence-corrected chi connectivity index (χ4v) is 2.79. The predicted molar refractivity (Wildman–Crippen MR) is 140 cm³/mol. The summed E-state index contributed by atoms with van der Waals surface area (Å²) in [5.74, 6) is 2.50. The van der Waals surface area contributed by atoms with Crippen LogP contribution in [0.25, 0.3) is 0 Å². The fraction of sp³-hybridized carbons (Fsp3) is 0.458. The van der Waals surface area contributed by atoms with Gasteiger partial charge in [-0.15, -0.1) is 24.0 Å². The standard InChI is InChI=1S/C24H36N4O2.HI/c1-24(2,3)30-22-14-10-8-12-20(22)18-27-23(25-4)26-17-19-11-7-9-13-21(19)29-16-15-28(5)6;/h7-14H,15-18H2,1-6H3,(H2,25,26,27);1H. The number of guanidine groups is 1. The van der Waals surface area contributed by atoms with E-state index in [1.807, 2.05) is 50.5 Å². The number of aliphatic imine (C=N–C) groups is 1. The summed E-state index contributed by atoms with van der Waals surface area (Å²) in [5, 5.41) is 6.74. The van der Waals surface area contributed by atoms with Crippen LogP contribution in [0.5, 0.6) is 11.5 Å². The van der Waals surface area contributed by atoms with Gasteiger partial charge >= 0.3 is 0 Å². The van der Waals surface area contributed by atoms with Crippen LogP contribution in [0.1, 0.15) is 31.9 Å². The Kier molecular flexibility index (Phi) is 11.7. The van der Waals surface area contributed by atoms with Gasteiger partial charge in [-0.2, -0.15) is 0 Å². The lowest BCUT2D eigenvalue weighted by atomic mass is 10.1. The SMILES string of the molecule is CN=C(NCc1ccccc1OCCN(C)C)NCc1ccccc1OC(C)(C)C.I. The lowest BCUT2D eigenvalue weighted by Crippen LogP contribution is -2.36. The molecule has 0 aromatic heterocycles. The molecule has 6 nitrogen and oxygen atoms in total. The van der Waals surface area contributed by atoms with Crippen LogP contribution >= 0.6 is 24.0 Å². The molecule has 0 aliphatic rings. The van der Waals surface area contributed by atoms with Crippen molar-refractivity contribution < 1.29 is 9.47 Å². The van der Waals surface area contributed by atoms with Crippen LogP contribution in [-0.2, 0) is 13.1 Å². The number of likely N-dealkylation sites (N-methyl/N-ethyl adjacent to an activating group) is 1. The first kappa shape index (κ1) is 27.0. The summed E-state index contributed by atoms with van der Waals surface area (Å²) in [6.07, 6.45) is 0. The van der Waals surface area contributed by atoms with Gasteiger partial charge in [0.25, 0.3) is 0 Å². The Morgan fingerprint density at radius 2 is 1.42 bits per heavy atom. The molecule has 0 heterocycles. The smallest absolute Gasteiger partial charge is 0.191 e. The maximum atomic E-state index is 6.08. The summed E-state index contributed by atoms with van der Waals surface area (Å²) < 4.78 is 12.0. The molecule has 2 N–H and O–H groups in total. The van der Waals surface area contributed by atoms with Crippen molar-refractivity contribution in [3.63, 3.8) is 0 Å². The Balaban J connectivity index is 0.00000480. The molecule has 2 rings (SSSR count). The third kappa shape index (κ3) is 10.2. The highest BCUT2D eigenvalue weighted by atomic mass is 127. The van der Waals surface area contributed by atoms with E-state index in [1.165, 1.54) is 0 Å². The van der Waals surface area contributed by atoms with Crippen LogP contribution in [0.4, 0.5) is 0 Å². The Bertz CT molecular complexity index is 819. The molecule has 0 saturated heterocycles. The highest BCUT2D eigenvalue weighted by molar-refractivity contribution is 14.0. The molecule has 0 fully saturated rings. The lowest BCUT2D eigenvalue weighted by molar-refractivity contribution is 0.129. The first-order chi connectivity index (χ1) is 14.3. The Labute approximate surface area is 204 Å². The molecule has 0 amide bonds.